The van der Waals surface area contributed by atoms with Crippen molar-refractivity contribution in [3.05, 3.63) is 96.1 Å². The molecule has 1 aromatic heterocycles. The van der Waals surface area contributed by atoms with Gasteiger partial charge in [0.1, 0.15) is 11.6 Å². The van der Waals surface area contributed by atoms with E-state index >= 15 is 0 Å². The molecule has 0 fully saturated rings. The van der Waals surface area contributed by atoms with Gasteiger partial charge >= 0.3 is 6.03 Å². The first-order valence-corrected chi connectivity index (χ1v) is 9.97. The van der Waals surface area contributed by atoms with Gasteiger partial charge in [-0.3, -0.25) is 0 Å². The van der Waals surface area contributed by atoms with Crippen molar-refractivity contribution in [2.75, 3.05) is 18.4 Å². The summed E-state index contributed by atoms with van der Waals surface area (Å²) in [4.78, 5) is 22.5. The predicted octanol–water partition coefficient (Wildman–Crippen LogP) is 5.02. The van der Waals surface area contributed by atoms with Gasteiger partial charge in [-0.2, -0.15) is 0 Å². The highest BCUT2D eigenvalue weighted by Crippen LogP contribution is 2.15. The van der Waals surface area contributed by atoms with Crippen LogP contribution in [-0.2, 0) is 12.8 Å². The molecule has 0 atom stereocenters. The third kappa shape index (κ3) is 4.84. The van der Waals surface area contributed by atoms with Gasteiger partial charge in [-0.1, -0.05) is 54.6 Å². The number of benzene rings is 3. The van der Waals surface area contributed by atoms with Gasteiger partial charge in [0.25, 0.3) is 0 Å². The standard InChI is InChI=1S/C24H23FN4O/c25-19-10-4-5-11-20(19)28-24(30)29(16-14-18-8-2-1-3-9-18)17-15-23-26-21-12-6-7-13-22(21)27-23/h1-13H,14-17H2,(H,26,27)(H,28,30). The summed E-state index contributed by atoms with van der Waals surface area (Å²) < 4.78 is 14.0. The van der Waals surface area contributed by atoms with E-state index in [-0.39, 0.29) is 11.7 Å². The lowest BCUT2D eigenvalue weighted by Gasteiger charge is -2.23. The number of hydrogen-bond donors (Lipinski definition) is 2. The second kappa shape index (κ2) is 9.22. The number of nitrogens with zero attached hydrogens (tertiary/aromatic N) is 2. The number of fused-ring (bicyclic) bond motifs is 1. The Morgan fingerprint density at radius 2 is 1.60 bits per heavy atom. The van der Waals surface area contributed by atoms with E-state index in [9.17, 15) is 9.18 Å². The van der Waals surface area contributed by atoms with Crippen LogP contribution in [0.3, 0.4) is 0 Å². The van der Waals surface area contributed by atoms with Crippen molar-refractivity contribution in [3.8, 4) is 0 Å². The molecule has 0 aliphatic carbocycles. The molecular formula is C24H23FN4O. The quantitative estimate of drug-likeness (QED) is 0.456. The van der Waals surface area contributed by atoms with Gasteiger partial charge in [0.15, 0.2) is 0 Å². The zero-order valence-electron chi connectivity index (χ0n) is 16.5. The number of aromatic nitrogens is 2. The normalized spacial score (nSPS) is 10.8. The van der Waals surface area contributed by atoms with E-state index < -0.39 is 5.82 Å². The number of nitrogens with one attached hydrogen (secondary N) is 2. The first-order valence-electron chi connectivity index (χ1n) is 9.97. The van der Waals surface area contributed by atoms with E-state index in [2.05, 4.69) is 15.3 Å². The zero-order chi connectivity index (χ0) is 20.8. The fraction of sp³-hybridized carbons (Fsp3) is 0.167. The molecule has 0 radical (unpaired) electrons. The summed E-state index contributed by atoms with van der Waals surface area (Å²) in [6.45, 7) is 0.984. The molecule has 30 heavy (non-hydrogen) atoms. The smallest absolute Gasteiger partial charge is 0.321 e. The number of imidazole rings is 1. The molecule has 0 aliphatic heterocycles. The molecule has 0 saturated heterocycles. The molecule has 0 spiro atoms. The van der Waals surface area contributed by atoms with Crippen LogP contribution in [0.2, 0.25) is 0 Å². The number of anilines is 1. The first-order chi connectivity index (χ1) is 14.7. The minimum Gasteiger partial charge on any atom is -0.342 e. The molecule has 0 unspecified atom stereocenters. The predicted molar refractivity (Wildman–Crippen MR) is 117 cm³/mol. The van der Waals surface area contributed by atoms with E-state index in [0.29, 0.717) is 25.9 Å². The Kier molecular flexibility index (Phi) is 6.03. The average molecular weight is 402 g/mol. The third-order valence-electron chi connectivity index (χ3n) is 4.97. The van der Waals surface area contributed by atoms with Gasteiger partial charge in [-0.05, 0) is 36.2 Å². The molecular weight excluding hydrogens is 379 g/mol. The minimum atomic E-state index is -0.453. The van der Waals surface area contributed by atoms with Crippen LogP contribution >= 0.6 is 0 Å². The largest absolute Gasteiger partial charge is 0.342 e. The molecule has 3 aromatic carbocycles. The van der Waals surface area contributed by atoms with Crippen molar-refractivity contribution in [3.63, 3.8) is 0 Å². The Bertz CT molecular complexity index is 1090. The summed E-state index contributed by atoms with van der Waals surface area (Å²) in [7, 11) is 0. The summed E-state index contributed by atoms with van der Waals surface area (Å²) in [6.07, 6.45) is 1.29. The monoisotopic (exact) mass is 402 g/mol. The molecule has 2 amide bonds. The molecule has 5 nitrogen and oxygen atoms in total. The number of carbonyl (C=O) groups excluding carboxylic acids is 1. The second-order valence-corrected chi connectivity index (χ2v) is 7.08. The SMILES string of the molecule is O=C(Nc1ccccc1F)N(CCc1ccccc1)CCc1nc2ccccc2[nH]1. The average Bonchev–Trinajstić information content (AvgIpc) is 3.19. The Labute approximate surface area is 174 Å². The molecule has 2 N–H and O–H groups in total. The van der Waals surface area contributed by atoms with Crippen molar-refractivity contribution in [1.29, 1.82) is 0 Å². The number of amides is 2. The molecule has 4 rings (SSSR count). The summed E-state index contributed by atoms with van der Waals surface area (Å²) in [5.74, 6) is 0.366. The topological polar surface area (TPSA) is 61.0 Å². The van der Waals surface area contributed by atoms with E-state index in [0.717, 1.165) is 22.4 Å². The van der Waals surface area contributed by atoms with Gasteiger partial charge in [0, 0.05) is 19.5 Å². The highest BCUT2D eigenvalue weighted by Gasteiger charge is 2.16. The minimum absolute atomic E-state index is 0.177. The van der Waals surface area contributed by atoms with Crippen molar-refractivity contribution < 1.29 is 9.18 Å². The lowest BCUT2D eigenvalue weighted by atomic mass is 10.1. The summed E-state index contributed by atoms with van der Waals surface area (Å²) in [6, 6.07) is 23.7. The van der Waals surface area contributed by atoms with Crippen LogP contribution in [0.15, 0.2) is 78.9 Å². The van der Waals surface area contributed by atoms with Crippen molar-refractivity contribution in [1.82, 2.24) is 14.9 Å². The number of carbonyl (C=O) groups is 1. The number of hydrogen-bond acceptors (Lipinski definition) is 2. The summed E-state index contributed by atoms with van der Waals surface area (Å²) in [5.41, 5.74) is 3.19. The van der Waals surface area contributed by atoms with Crippen LogP contribution in [0.1, 0.15) is 11.4 Å². The van der Waals surface area contributed by atoms with E-state index in [1.807, 2.05) is 54.6 Å². The Balaban J connectivity index is 1.46. The van der Waals surface area contributed by atoms with E-state index in [1.165, 1.54) is 6.07 Å². The van der Waals surface area contributed by atoms with Gasteiger partial charge in [-0.25, -0.2) is 14.2 Å². The van der Waals surface area contributed by atoms with E-state index in [4.69, 9.17) is 0 Å². The van der Waals surface area contributed by atoms with Crippen LogP contribution in [0.25, 0.3) is 11.0 Å². The van der Waals surface area contributed by atoms with Crippen molar-refractivity contribution in [2.24, 2.45) is 0 Å². The zero-order valence-corrected chi connectivity index (χ0v) is 16.5. The van der Waals surface area contributed by atoms with Crippen LogP contribution in [-0.4, -0.2) is 34.0 Å². The Hall–Kier alpha value is -3.67. The molecule has 152 valence electrons. The molecule has 0 bridgehead atoms. The van der Waals surface area contributed by atoms with Gasteiger partial charge < -0.3 is 15.2 Å². The number of para-hydroxylation sites is 3. The third-order valence-corrected chi connectivity index (χ3v) is 4.97. The Morgan fingerprint density at radius 1 is 0.900 bits per heavy atom. The number of urea groups is 1. The number of rotatable bonds is 7. The van der Waals surface area contributed by atoms with Gasteiger partial charge in [0.05, 0.1) is 16.7 Å². The molecule has 4 aromatic rings. The van der Waals surface area contributed by atoms with Crippen molar-refractivity contribution in [2.45, 2.75) is 12.8 Å². The Morgan fingerprint density at radius 3 is 2.40 bits per heavy atom. The van der Waals surface area contributed by atoms with E-state index in [1.54, 1.807) is 23.1 Å². The first kappa shape index (κ1) is 19.6. The highest BCUT2D eigenvalue weighted by molar-refractivity contribution is 5.89. The molecule has 1 heterocycles. The number of aromatic amines is 1. The fourth-order valence-corrected chi connectivity index (χ4v) is 3.35. The van der Waals surface area contributed by atoms with Crippen molar-refractivity contribution >= 4 is 22.8 Å². The van der Waals surface area contributed by atoms with Gasteiger partial charge in [0.2, 0.25) is 0 Å². The van der Waals surface area contributed by atoms with Crippen LogP contribution in [0, 0.1) is 5.82 Å². The highest BCUT2D eigenvalue weighted by atomic mass is 19.1. The second-order valence-electron chi connectivity index (χ2n) is 7.08. The van der Waals surface area contributed by atoms with Crippen LogP contribution in [0.5, 0.6) is 0 Å². The van der Waals surface area contributed by atoms with Crippen LogP contribution in [0.4, 0.5) is 14.9 Å². The van der Waals surface area contributed by atoms with Crippen LogP contribution < -0.4 is 5.32 Å². The fourth-order valence-electron chi connectivity index (χ4n) is 3.35. The molecule has 0 aliphatic rings. The van der Waals surface area contributed by atoms with Gasteiger partial charge in [-0.15, -0.1) is 0 Å². The maximum absolute atomic E-state index is 14.0. The maximum Gasteiger partial charge on any atom is 0.321 e. The summed E-state index contributed by atoms with van der Waals surface area (Å²) in [5, 5.41) is 2.69. The summed E-state index contributed by atoms with van der Waals surface area (Å²) >= 11 is 0. The number of H-pyrrole nitrogens is 1. The lowest BCUT2D eigenvalue weighted by Crippen LogP contribution is -2.38. The lowest BCUT2D eigenvalue weighted by molar-refractivity contribution is 0.212. The molecule has 0 saturated carbocycles. The maximum atomic E-state index is 14.0. The molecule has 6 heteroatoms. The number of halogens is 1.